The molecule has 2 rings (SSSR count). The number of halogens is 1. The van der Waals surface area contributed by atoms with Gasteiger partial charge in [-0.15, -0.1) is 0 Å². The molecular formula is C18H21ClN2O2. The number of esters is 1. The van der Waals surface area contributed by atoms with E-state index in [1.807, 2.05) is 44.3 Å². The van der Waals surface area contributed by atoms with Crippen molar-refractivity contribution < 1.29 is 9.53 Å². The van der Waals surface area contributed by atoms with Gasteiger partial charge in [0.1, 0.15) is 6.61 Å². The Kier molecular flexibility index (Phi) is 6.13. The van der Waals surface area contributed by atoms with Gasteiger partial charge in [-0.25, -0.2) is 0 Å². The number of pyridine rings is 1. The standard InChI is InChI=1S/C18H21ClN2O2/c1-18(2,15-5-7-16(19)8-6-15)17(22)23-11-10-21-13-14-4-3-9-20-12-14/h3-9,12,21H,10-11,13H2,1-2H3. The van der Waals surface area contributed by atoms with Gasteiger partial charge in [-0.2, -0.15) is 0 Å². The van der Waals surface area contributed by atoms with E-state index in [9.17, 15) is 4.79 Å². The quantitative estimate of drug-likeness (QED) is 0.624. The van der Waals surface area contributed by atoms with Crippen LogP contribution < -0.4 is 5.32 Å². The average molecular weight is 333 g/mol. The van der Waals surface area contributed by atoms with E-state index >= 15 is 0 Å². The molecule has 0 fully saturated rings. The predicted octanol–water partition coefficient (Wildman–Crippen LogP) is 3.35. The van der Waals surface area contributed by atoms with Gasteiger partial charge in [0, 0.05) is 30.5 Å². The van der Waals surface area contributed by atoms with Gasteiger partial charge in [0.2, 0.25) is 0 Å². The summed E-state index contributed by atoms with van der Waals surface area (Å²) >= 11 is 5.88. The SMILES string of the molecule is CC(C)(C(=O)OCCNCc1cccnc1)c1ccc(Cl)cc1. The fourth-order valence-electron chi connectivity index (χ4n) is 2.12. The predicted molar refractivity (Wildman–Crippen MR) is 91.4 cm³/mol. The molecular weight excluding hydrogens is 312 g/mol. The molecule has 1 N–H and O–H groups in total. The lowest BCUT2D eigenvalue weighted by atomic mass is 9.85. The first kappa shape index (κ1) is 17.4. The van der Waals surface area contributed by atoms with Crippen molar-refractivity contribution in [3.05, 3.63) is 64.9 Å². The van der Waals surface area contributed by atoms with Gasteiger partial charge in [0.15, 0.2) is 0 Å². The number of aromatic nitrogens is 1. The van der Waals surface area contributed by atoms with Gasteiger partial charge < -0.3 is 10.1 Å². The summed E-state index contributed by atoms with van der Waals surface area (Å²) in [5, 5.41) is 3.87. The number of hydrogen-bond donors (Lipinski definition) is 1. The number of rotatable bonds is 7. The van der Waals surface area contributed by atoms with E-state index < -0.39 is 5.41 Å². The largest absolute Gasteiger partial charge is 0.464 e. The van der Waals surface area contributed by atoms with Crippen LogP contribution in [0.15, 0.2) is 48.8 Å². The highest BCUT2D eigenvalue weighted by Gasteiger charge is 2.31. The summed E-state index contributed by atoms with van der Waals surface area (Å²) in [5.74, 6) is -0.247. The summed E-state index contributed by atoms with van der Waals surface area (Å²) in [4.78, 5) is 16.3. The van der Waals surface area contributed by atoms with Crippen LogP contribution >= 0.6 is 11.6 Å². The van der Waals surface area contributed by atoms with Crippen LogP contribution in [0.3, 0.4) is 0 Å². The Bertz CT molecular complexity index is 627. The van der Waals surface area contributed by atoms with Crippen LogP contribution in [0.1, 0.15) is 25.0 Å². The first-order chi connectivity index (χ1) is 11.0. The molecule has 0 radical (unpaired) electrons. The van der Waals surface area contributed by atoms with Crippen molar-refractivity contribution in [2.45, 2.75) is 25.8 Å². The highest BCUT2D eigenvalue weighted by atomic mass is 35.5. The molecule has 0 saturated carbocycles. The summed E-state index contributed by atoms with van der Waals surface area (Å²) in [7, 11) is 0. The highest BCUT2D eigenvalue weighted by Crippen LogP contribution is 2.26. The molecule has 0 spiro atoms. The molecule has 0 atom stereocenters. The minimum atomic E-state index is -0.700. The van der Waals surface area contributed by atoms with Gasteiger partial charge >= 0.3 is 5.97 Å². The number of carbonyl (C=O) groups is 1. The maximum absolute atomic E-state index is 12.3. The molecule has 1 heterocycles. The average Bonchev–Trinajstić information content (AvgIpc) is 2.55. The van der Waals surface area contributed by atoms with Gasteiger partial charge in [-0.1, -0.05) is 29.8 Å². The van der Waals surface area contributed by atoms with Crippen LogP contribution in [-0.2, 0) is 21.5 Å². The molecule has 23 heavy (non-hydrogen) atoms. The zero-order valence-electron chi connectivity index (χ0n) is 13.4. The van der Waals surface area contributed by atoms with Crippen LogP contribution in [0.5, 0.6) is 0 Å². The van der Waals surface area contributed by atoms with Crippen molar-refractivity contribution >= 4 is 17.6 Å². The first-order valence-electron chi connectivity index (χ1n) is 7.53. The molecule has 0 bridgehead atoms. The van der Waals surface area contributed by atoms with Crippen LogP contribution in [0.25, 0.3) is 0 Å². The summed E-state index contributed by atoms with van der Waals surface area (Å²) in [5.41, 5.74) is 1.28. The maximum Gasteiger partial charge on any atom is 0.316 e. The highest BCUT2D eigenvalue weighted by molar-refractivity contribution is 6.30. The molecule has 1 aromatic heterocycles. The van der Waals surface area contributed by atoms with E-state index in [0.717, 1.165) is 11.1 Å². The van der Waals surface area contributed by atoms with Crippen LogP contribution in [0, 0.1) is 0 Å². The molecule has 0 aliphatic heterocycles. The Morgan fingerprint density at radius 2 is 2.00 bits per heavy atom. The van der Waals surface area contributed by atoms with Crippen molar-refractivity contribution in [2.75, 3.05) is 13.2 Å². The minimum Gasteiger partial charge on any atom is -0.464 e. The van der Waals surface area contributed by atoms with E-state index in [1.165, 1.54) is 0 Å². The van der Waals surface area contributed by atoms with Crippen molar-refractivity contribution in [2.24, 2.45) is 0 Å². The normalized spacial score (nSPS) is 11.3. The summed E-state index contributed by atoms with van der Waals surface area (Å²) in [6, 6.07) is 11.2. The lowest BCUT2D eigenvalue weighted by molar-refractivity contribution is -0.149. The van der Waals surface area contributed by atoms with Crippen molar-refractivity contribution in [1.82, 2.24) is 10.3 Å². The molecule has 1 aromatic carbocycles. The maximum atomic E-state index is 12.3. The monoisotopic (exact) mass is 332 g/mol. The molecule has 2 aromatic rings. The molecule has 4 nitrogen and oxygen atoms in total. The lowest BCUT2D eigenvalue weighted by Crippen LogP contribution is -2.33. The number of nitrogens with one attached hydrogen (secondary N) is 1. The van der Waals surface area contributed by atoms with Crippen molar-refractivity contribution in [3.8, 4) is 0 Å². The van der Waals surface area contributed by atoms with E-state index in [-0.39, 0.29) is 5.97 Å². The zero-order valence-corrected chi connectivity index (χ0v) is 14.1. The topological polar surface area (TPSA) is 51.2 Å². The number of benzene rings is 1. The summed E-state index contributed by atoms with van der Waals surface area (Å²) in [6.07, 6.45) is 3.55. The number of ether oxygens (including phenoxy) is 1. The summed E-state index contributed by atoms with van der Waals surface area (Å²) < 4.78 is 5.38. The second-order valence-corrected chi connectivity index (χ2v) is 6.24. The Morgan fingerprint density at radius 1 is 1.26 bits per heavy atom. The van der Waals surface area contributed by atoms with Crippen molar-refractivity contribution in [1.29, 1.82) is 0 Å². The number of hydrogen-bond acceptors (Lipinski definition) is 4. The Morgan fingerprint density at radius 3 is 2.65 bits per heavy atom. The smallest absolute Gasteiger partial charge is 0.316 e. The third-order valence-electron chi connectivity index (χ3n) is 3.64. The van der Waals surface area contributed by atoms with Gasteiger partial charge in [0.25, 0.3) is 0 Å². The van der Waals surface area contributed by atoms with E-state index in [0.29, 0.717) is 24.7 Å². The summed E-state index contributed by atoms with van der Waals surface area (Å²) in [6.45, 7) is 5.32. The van der Waals surface area contributed by atoms with E-state index in [2.05, 4.69) is 10.3 Å². The third kappa shape index (κ3) is 5.05. The second kappa shape index (κ2) is 8.09. The molecule has 0 amide bonds. The van der Waals surface area contributed by atoms with Crippen LogP contribution in [0.4, 0.5) is 0 Å². The molecule has 0 unspecified atom stereocenters. The van der Waals surface area contributed by atoms with Gasteiger partial charge in [0.05, 0.1) is 5.41 Å². The van der Waals surface area contributed by atoms with E-state index in [1.54, 1.807) is 18.3 Å². The Labute approximate surface area is 141 Å². The number of carbonyl (C=O) groups excluding carboxylic acids is 1. The minimum absolute atomic E-state index is 0.247. The lowest BCUT2D eigenvalue weighted by Gasteiger charge is -2.23. The van der Waals surface area contributed by atoms with Crippen LogP contribution in [0.2, 0.25) is 5.02 Å². The molecule has 122 valence electrons. The molecule has 0 saturated heterocycles. The zero-order chi connectivity index (χ0) is 16.7. The number of nitrogens with zero attached hydrogens (tertiary/aromatic N) is 1. The van der Waals surface area contributed by atoms with Gasteiger partial charge in [-0.05, 0) is 43.2 Å². The Hall–Kier alpha value is -1.91. The Balaban J connectivity index is 1.76. The second-order valence-electron chi connectivity index (χ2n) is 5.81. The van der Waals surface area contributed by atoms with E-state index in [4.69, 9.17) is 16.3 Å². The van der Waals surface area contributed by atoms with Gasteiger partial charge in [-0.3, -0.25) is 9.78 Å². The van der Waals surface area contributed by atoms with Crippen LogP contribution in [-0.4, -0.2) is 24.1 Å². The fourth-order valence-corrected chi connectivity index (χ4v) is 2.24. The first-order valence-corrected chi connectivity index (χ1v) is 7.91. The third-order valence-corrected chi connectivity index (χ3v) is 3.89. The molecule has 0 aliphatic rings. The molecule has 5 heteroatoms. The van der Waals surface area contributed by atoms with Crippen molar-refractivity contribution in [3.63, 3.8) is 0 Å². The fraction of sp³-hybridized carbons (Fsp3) is 0.333. The molecule has 0 aliphatic carbocycles.